The minimum Gasteiger partial charge on any atom is -0.329 e. The number of hydrogen-bond acceptors (Lipinski definition) is 2. The van der Waals surface area contributed by atoms with Gasteiger partial charge in [0.05, 0.1) is 17.8 Å². The Morgan fingerprint density at radius 1 is 1.50 bits per heavy atom. The molecule has 14 heavy (non-hydrogen) atoms. The summed E-state index contributed by atoms with van der Waals surface area (Å²) >= 11 is 3.45. The average molecular weight is 254 g/mol. The molecular formula is C10H12BrN3. The van der Waals surface area contributed by atoms with E-state index in [4.69, 9.17) is 5.73 Å². The molecule has 0 saturated heterocycles. The van der Waals surface area contributed by atoms with Gasteiger partial charge in [0.1, 0.15) is 0 Å². The third-order valence-electron chi connectivity index (χ3n) is 2.24. The smallest absolute Gasteiger partial charge is 0.0697 e. The molecule has 0 spiro atoms. The van der Waals surface area contributed by atoms with Gasteiger partial charge in [0.2, 0.25) is 0 Å². The summed E-state index contributed by atoms with van der Waals surface area (Å²) in [7, 11) is 0. The van der Waals surface area contributed by atoms with Crippen LogP contribution in [-0.4, -0.2) is 16.3 Å². The Morgan fingerprint density at radius 2 is 2.29 bits per heavy atom. The van der Waals surface area contributed by atoms with E-state index in [1.807, 2.05) is 17.7 Å². The number of hydrogen-bond donors (Lipinski definition) is 1. The maximum atomic E-state index is 5.53. The van der Waals surface area contributed by atoms with Gasteiger partial charge < -0.3 is 5.73 Å². The molecule has 0 aliphatic rings. The Balaban J connectivity index is 2.66. The van der Waals surface area contributed by atoms with Crippen LogP contribution >= 0.6 is 15.9 Å². The second-order valence-corrected chi connectivity index (χ2v) is 4.17. The van der Waals surface area contributed by atoms with E-state index < -0.39 is 0 Å². The fourth-order valence-electron chi connectivity index (χ4n) is 1.61. The molecule has 0 atom stereocenters. The van der Waals surface area contributed by atoms with E-state index in [9.17, 15) is 0 Å². The Morgan fingerprint density at radius 3 is 3.00 bits per heavy atom. The van der Waals surface area contributed by atoms with E-state index >= 15 is 0 Å². The van der Waals surface area contributed by atoms with E-state index in [-0.39, 0.29) is 0 Å². The maximum Gasteiger partial charge on any atom is 0.0697 e. The Kier molecular flexibility index (Phi) is 2.56. The lowest BCUT2D eigenvalue weighted by Crippen LogP contribution is -2.10. The zero-order valence-corrected chi connectivity index (χ0v) is 9.58. The van der Waals surface area contributed by atoms with E-state index in [1.54, 1.807) is 0 Å². The van der Waals surface area contributed by atoms with Crippen LogP contribution in [0.2, 0.25) is 0 Å². The van der Waals surface area contributed by atoms with Crippen molar-refractivity contribution in [2.75, 3.05) is 6.54 Å². The number of aromatic nitrogens is 2. The maximum absolute atomic E-state index is 5.53. The first kappa shape index (κ1) is 9.68. The topological polar surface area (TPSA) is 43.8 Å². The summed E-state index contributed by atoms with van der Waals surface area (Å²) < 4.78 is 3.03. The minimum absolute atomic E-state index is 0.614. The summed E-state index contributed by atoms with van der Waals surface area (Å²) in [6.45, 7) is 3.40. The van der Waals surface area contributed by atoms with E-state index in [1.165, 1.54) is 5.39 Å². The molecular weight excluding hydrogens is 242 g/mol. The molecule has 0 radical (unpaired) electrons. The summed E-state index contributed by atoms with van der Waals surface area (Å²) in [4.78, 5) is 0. The second kappa shape index (κ2) is 3.71. The number of halogens is 1. The van der Waals surface area contributed by atoms with Crippen LogP contribution in [0.25, 0.3) is 10.9 Å². The molecule has 4 heteroatoms. The molecule has 1 aromatic heterocycles. The fraction of sp³-hybridized carbons (Fsp3) is 0.300. The van der Waals surface area contributed by atoms with Crippen LogP contribution in [0.4, 0.5) is 0 Å². The molecule has 0 aliphatic heterocycles. The van der Waals surface area contributed by atoms with Gasteiger partial charge in [-0.2, -0.15) is 5.10 Å². The summed E-state index contributed by atoms with van der Waals surface area (Å²) in [5, 5.41) is 5.63. The third-order valence-corrected chi connectivity index (χ3v) is 2.73. The quantitative estimate of drug-likeness (QED) is 0.891. The molecule has 1 heterocycles. The van der Waals surface area contributed by atoms with Crippen molar-refractivity contribution >= 4 is 26.8 Å². The average Bonchev–Trinajstić information content (AvgIpc) is 2.44. The zero-order chi connectivity index (χ0) is 10.1. The molecule has 2 aromatic rings. The molecule has 3 nitrogen and oxygen atoms in total. The highest BCUT2D eigenvalue weighted by molar-refractivity contribution is 9.10. The van der Waals surface area contributed by atoms with Gasteiger partial charge in [-0.3, -0.25) is 4.68 Å². The third kappa shape index (κ3) is 1.55. The Labute approximate surface area is 91.0 Å². The van der Waals surface area contributed by atoms with Crippen LogP contribution in [0.3, 0.4) is 0 Å². The first-order chi connectivity index (χ1) is 6.72. The summed E-state index contributed by atoms with van der Waals surface area (Å²) in [6, 6.07) is 6.18. The normalized spacial score (nSPS) is 11.1. The largest absolute Gasteiger partial charge is 0.329 e. The predicted octanol–water partition coefficient (Wildman–Crippen LogP) is 2.07. The first-order valence-electron chi connectivity index (χ1n) is 4.55. The lowest BCUT2D eigenvalue weighted by Gasteiger charge is -2.00. The number of benzene rings is 1. The van der Waals surface area contributed by atoms with Crippen LogP contribution in [0.1, 0.15) is 5.69 Å². The van der Waals surface area contributed by atoms with Gasteiger partial charge in [0.15, 0.2) is 0 Å². The van der Waals surface area contributed by atoms with Crippen molar-refractivity contribution in [3.63, 3.8) is 0 Å². The van der Waals surface area contributed by atoms with Gasteiger partial charge in [-0.15, -0.1) is 0 Å². The van der Waals surface area contributed by atoms with Crippen LogP contribution in [0.15, 0.2) is 22.7 Å². The molecule has 2 N–H and O–H groups in total. The van der Waals surface area contributed by atoms with Crippen molar-refractivity contribution < 1.29 is 0 Å². The van der Waals surface area contributed by atoms with Crippen LogP contribution in [0, 0.1) is 6.92 Å². The highest BCUT2D eigenvalue weighted by Gasteiger charge is 2.06. The molecule has 74 valence electrons. The zero-order valence-electron chi connectivity index (χ0n) is 8.00. The highest BCUT2D eigenvalue weighted by atomic mass is 79.9. The molecule has 0 aliphatic carbocycles. The summed E-state index contributed by atoms with van der Waals surface area (Å²) in [5.41, 5.74) is 7.72. The minimum atomic E-state index is 0.614. The van der Waals surface area contributed by atoms with Crippen LogP contribution < -0.4 is 5.73 Å². The summed E-state index contributed by atoms with van der Waals surface area (Å²) in [5.74, 6) is 0. The van der Waals surface area contributed by atoms with Crippen LogP contribution in [-0.2, 0) is 6.54 Å². The molecule has 0 amide bonds. The van der Waals surface area contributed by atoms with E-state index in [0.717, 1.165) is 22.2 Å². The van der Waals surface area contributed by atoms with Gasteiger partial charge in [-0.05, 0) is 25.1 Å². The van der Waals surface area contributed by atoms with Crippen molar-refractivity contribution in [1.82, 2.24) is 9.78 Å². The van der Waals surface area contributed by atoms with Crippen molar-refractivity contribution in [3.8, 4) is 0 Å². The number of aryl methyl sites for hydroxylation is 1. The number of rotatable bonds is 2. The lowest BCUT2D eigenvalue weighted by atomic mass is 10.2. The van der Waals surface area contributed by atoms with Gasteiger partial charge in [0.25, 0.3) is 0 Å². The first-order valence-corrected chi connectivity index (χ1v) is 5.34. The molecule has 0 bridgehead atoms. The van der Waals surface area contributed by atoms with Gasteiger partial charge in [-0.1, -0.05) is 15.9 Å². The Bertz CT molecular complexity index is 462. The van der Waals surface area contributed by atoms with E-state index in [2.05, 4.69) is 33.2 Å². The Hall–Kier alpha value is -0.870. The van der Waals surface area contributed by atoms with Gasteiger partial charge >= 0.3 is 0 Å². The van der Waals surface area contributed by atoms with E-state index in [0.29, 0.717) is 6.54 Å². The molecule has 1 aromatic carbocycles. The van der Waals surface area contributed by atoms with Crippen molar-refractivity contribution in [2.45, 2.75) is 13.5 Å². The number of fused-ring (bicyclic) bond motifs is 1. The fourth-order valence-corrected chi connectivity index (χ4v) is 1.95. The standard InChI is InChI=1S/C10H12BrN3/c1-7-9-3-2-8(11)6-10(9)14(13-7)5-4-12/h2-3,6H,4-5,12H2,1H3. The molecule has 0 fully saturated rings. The van der Waals surface area contributed by atoms with Crippen molar-refractivity contribution in [2.24, 2.45) is 5.73 Å². The second-order valence-electron chi connectivity index (χ2n) is 3.26. The molecule has 0 unspecified atom stereocenters. The number of nitrogens with two attached hydrogens (primary N) is 1. The molecule has 0 saturated carbocycles. The monoisotopic (exact) mass is 253 g/mol. The number of nitrogens with zero attached hydrogens (tertiary/aromatic N) is 2. The van der Waals surface area contributed by atoms with Crippen molar-refractivity contribution in [3.05, 3.63) is 28.4 Å². The van der Waals surface area contributed by atoms with Gasteiger partial charge in [-0.25, -0.2) is 0 Å². The van der Waals surface area contributed by atoms with Crippen LogP contribution in [0.5, 0.6) is 0 Å². The lowest BCUT2D eigenvalue weighted by molar-refractivity contribution is 0.640. The predicted molar refractivity (Wildman–Crippen MR) is 61.2 cm³/mol. The highest BCUT2D eigenvalue weighted by Crippen LogP contribution is 2.22. The van der Waals surface area contributed by atoms with Crippen molar-refractivity contribution in [1.29, 1.82) is 0 Å². The van der Waals surface area contributed by atoms with Gasteiger partial charge in [0, 0.05) is 16.4 Å². The SMILES string of the molecule is Cc1nn(CCN)c2cc(Br)ccc12. The molecule has 2 rings (SSSR count). The summed E-state index contributed by atoms with van der Waals surface area (Å²) in [6.07, 6.45) is 0.